The SMILES string of the molecule is CCc1cccc(Oc2cccc([N+](=O)[O-])c2)c1. The maximum atomic E-state index is 10.7. The number of nitro benzene ring substituents is 1. The predicted molar refractivity (Wildman–Crippen MR) is 69.0 cm³/mol. The molecule has 0 aliphatic rings. The van der Waals surface area contributed by atoms with Gasteiger partial charge in [-0.3, -0.25) is 10.1 Å². The molecule has 0 amide bonds. The number of hydrogen-bond acceptors (Lipinski definition) is 3. The zero-order valence-corrected chi connectivity index (χ0v) is 10.00. The molecule has 2 aromatic carbocycles. The number of non-ortho nitro benzene ring substituents is 1. The summed E-state index contributed by atoms with van der Waals surface area (Å²) in [6, 6.07) is 13.8. The fourth-order valence-electron chi connectivity index (χ4n) is 1.63. The molecule has 2 aromatic rings. The van der Waals surface area contributed by atoms with Gasteiger partial charge in [0.2, 0.25) is 0 Å². The molecule has 0 atom stereocenters. The van der Waals surface area contributed by atoms with E-state index in [1.807, 2.05) is 24.3 Å². The molecule has 0 unspecified atom stereocenters. The van der Waals surface area contributed by atoms with Crippen LogP contribution in [0.3, 0.4) is 0 Å². The molecule has 0 bridgehead atoms. The second kappa shape index (κ2) is 5.31. The highest BCUT2D eigenvalue weighted by Crippen LogP contribution is 2.25. The molecule has 0 aliphatic carbocycles. The molecule has 18 heavy (non-hydrogen) atoms. The van der Waals surface area contributed by atoms with Gasteiger partial charge in [-0.15, -0.1) is 0 Å². The van der Waals surface area contributed by atoms with Gasteiger partial charge in [0.1, 0.15) is 11.5 Å². The monoisotopic (exact) mass is 243 g/mol. The maximum absolute atomic E-state index is 10.7. The van der Waals surface area contributed by atoms with E-state index >= 15 is 0 Å². The molecule has 0 aromatic heterocycles. The largest absolute Gasteiger partial charge is 0.457 e. The summed E-state index contributed by atoms with van der Waals surface area (Å²) < 4.78 is 5.61. The van der Waals surface area contributed by atoms with E-state index in [2.05, 4.69) is 6.92 Å². The smallest absolute Gasteiger partial charge is 0.273 e. The third kappa shape index (κ3) is 2.85. The van der Waals surface area contributed by atoms with Crippen LogP contribution in [0.15, 0.2) is 48.5 Å². The normalized spacial score (nSPS) is 10.1. The predicted octanol–water partition coefficient (Wildman–Crippen LogP) is 3.95. The minimum atomic E-state index is -0.435. The van der Waals surface area contributed by atoms with Crippen molar-refractivity contribution in [3.8, 4) is 11.5 Å². The number of nitrogens with zero attached hydrogens (tertiary/aromatic N) is 1. The first-order chi connectivity index (χ1) is 8.69. The molecule has 0 radical (unpaired) electrons. The Hall–Kier alpha value is -2.36. The Morgan fingerprint density at radius 3 is 2.44 bits per heavy atom. The molecule has 2 rings (SSSR count). The van der Waals surface area contributed by atoms with Gasteiger partial charge in [-0.2, -0.15) is 0 Å². The van der Waals surface area contributed by atoms with Gasteiger partial charge in [-0.25, -0.2) is 0 Å². The highest BCUT2D eigenvalue weighted by Gasteiger charge is 2.07. The molecular formula is C14H13NO3. The quantitative estimate of drug-likeness (QED) is 0.603. The molecule has 0 aliphatic heterocycles. The summed E-state index contributed by atoms with van der Waals surface area (Å²) in [5.41, 5.74) is 1.19. The van der Waals surface area contributed by atoms with E-state index in [9.17, 15) is 10.1 Å². The van der Waals surface area contributed by atoms with E-state index in [0.717, 1.165) is 12.0 Å². The van der Waals surface area contributed by atoms with Crippen molar-refractivity contribution in [2.45, 2.75) is 13.3 Å². The van der Waals surface area contributed by atoms with Crippen molar-refractivity contribution in [2.24, 2.45) is 0 Å². The van der Waals surface area contributed by atoms with Crippen molar-refractivity contribution in [1.29, 1.82) is 0 Å². The standard InChI is InChI=1S/C14H13NO3/c1-2-11-5-3-7-13(9-11)18-14-8-4-6-12(10-14)15(16)17/h3-10H,2H2,1H3. The molecular weight excluding hydrogens is 230 g/mol. The molecule has 0 N–H and O–H groups in total. The van der Waals surface area contributed by atoms with Crippen molar-refractivity contribution < 1.29 is 9.66 Å². The lowest BCUT2D eigenvalue weighted by Crippen LogP contribution is -1.90. The van der Waals surface area contributed by atoms with E-state index < -0.39 is 4.92 Å². The number of ether oxygens (including phenoxy) is 1. The van der Waals surface area contributed by atoms with Crippen molar-refractivity contribution >= 4 is 5.69 Å². The average molecular weight is 243 g/mol. The number of nitro groups is 1. The first-order valence-corrected chi connectivity index (χ1v) is 5.70. The van der Waals surface area contributed by atoms with Crippen LogP contribution in [0.25, 0.3) is 0 Å². The van der Waals surface area contributed by atoms with Gasteiger partial charge < -0.3 is 4.74 Å². The topological polar surface area (TPSA) is 52.4 Å². The third-order valence-corrected chi connectivity index (χ3v) is 2.57. The summed E-state index contributed by atoms with van der Waals surface area (Å²) in [7, 11) is 0. The van der Waals surface area contributed by atoms with Gasteiger partial charge in [0.15, 0.2) is 0 Å². The van der Waals surface area contributed by atoms with Crippen LogP contribution >= 0.6 is 0 Å². The molecule has 4 heteroatoms. The number of benzene rings is 2. The fourth-order valence-corrected chi connectivity index (χ4v) is 1.63. The third-order valence-electron chi connectivity index (χ3n) is 2.57. The Balaban J connectivity index is 2.22. The second-order valence-electron chi connectivity index (χ2n) is 3.86. The molecule has 0 heterocycles. The Kier molecular flexibility index (Phi) is 3.57. The Morgan fingerprint density at radius 1 is 1.11 bits per heavy atom. The number of aryl methyl sites for hydroxylation is 1. The lowest BCUT2D eigenvalue weighted by atomic mass is 10.2. The Labute approximate surface area is 105 Å². The lowest BCUT2D eigenvalue weighted by Gasteiger charge is -2.06. The Morgan fingerprint density at radius 2 is 1.78 bits per heavy atom. The minimum Gasteiger partial charge on any atom is -0.457 e. The van der Waals surface area contributed by atoms with Crippen LogP contribution < -0.4 is 4.74 Å². The zero-order valence-electron chi connectivity index (χ0n) is 10.00. The highest BCUT2D eigenvalue weighted by atomic mass is 16.6. The summed E-state index contributed by atoms with van der Waals surface area (Å²) in [6.45, 7) is 2.06. The Bertz CT molecular complexity index is 566. The number of hydrogen-bond donors (Lipinski definition) is 0. The van der Waals surface area contributed by atoms with Gasteiger partial charge in [-0.1, -0.05) is 25.1 Å². The lowest BCUT2D eigenvalue weighted by molar-refractivity contribution is -0.384. The van der Waals surface area contributed by atoms with Gasteiger partial charge in [0.05, 0.1) is 11.0 Å². The van der Waals surface area contributed by atoms with E-state index in [4.69, 9.17) is 4.74 Å². The maximum Gasteiger partial charge on any atom is 0.273 e. The molecule has 4 nitrogen and oxygen atoms in total. The van der Waals surface area contributed by atoms with E-state index in [0.29, 0.717) is 11.5 Å². The molecule has 0 saturated carbocycles. The minimum absolute atomic E-state index is 0.0270. The van der Waals surface area contributed by atoms with Crippen molar-refractivity contribution in [3.63, 3.8) is 0 Å². The van der Waals surface area contributed by atoms with Crippen LogP contribution in [0, 0.1) is 10.1 Å². The molecule has 0 fully saturated rings. The zero-order chi connectivity index (χ0) is 13.0. The van der Waals surface area contributed by atoms with E-state index in [1.165, 1.54) is 12.1 Å². The summed E-state index contributed by atoms with van der Waals surface area (Å²) in [5, 5.41) is 10.7. The van der Waals surface area contributed by atoms with Gasteiger partial charge >= 0.3 is 0 Å². The van der Waals surface area contributed by atoms with Crippen LogP contribution in [-0.4, -0.2) is 4.92 Å². The molecule has 92 valence electrons. The summed E-state index contributed by atoms with van der Waals surface area (Å²) in [5.74, 6) is 1.16. The first-order valence-electron chi connectivity index (χ1n) is 5.70. The van der Waals surface area contributed by atoms with Crippen LogP contribution in [-0.2, 0) is 6.42 Å². The highest BCUT2D eigenvalue weighted by molar-refractivity contribution is 5.41. The van der Waals surface area contributed by atoms with Gasteiger partial charge in [0, 0.05) is 6.07 Å². The fraction of sp³-hybridized carbons (Fsp3) is 0.143. The van der Waals surface area contributed by atoms with E-state index in [-0.39, 0.29) is 5.69 Å². The van der Waals surface area contributed by atoms with E-state index in [1.54, 1.807) is 12.1 Å². The summed E-state index contributed by atoms with van der Waals surface area (Å²) in [6.07, 6.45) is 0.923. The second-order valence-corrected chi connectivity index (χ2v) is 3.86. The molecule has 0 spiro atoms. The van der Waals surface area contributed by atoms with Crippen LogP contribution in [0.1, 0.15) is 12.5 Å². The van der Waals surface area contributed by atoms with Gasteiger partial charge in [-0.05, 0) is 30.2 Å². The van der Waals surface area contributed by atoms with Crippen LogP contribution in [0.4, 0.5) is 5.69 Å². The first kappa shape index (κ1) is 12.1. The van der Waals surface area contributed by atoms with Crippen LogP contribution in [0.2, 0.25) is 0 Å². The average Bonchev–Trinajstić information content (AvgIpc) is 2.39. The van der Waals surface area contributed by atoms with Gasteiger partial charge in [0.25, 0.3) is 5.69 Å². The summed E-state index contributed by atoms with van der Waals surface area (Å²) >= 11 is 0. The number of rotatable bonds is 4. The summed E-state index contributed by atoms with van der Waals surface area (Å²) in [4.78, 5) is 10.2. The van der Waals surface area contributed by atoms with Crippen molar-refractivity contribution in [2.75, 3.05) is 0 Å². The van der Waals surface area contributed by atoms with Crippen molar-refractivity contribution in [3.05, 3.63) is 64.2 Å². The molecule has 0 saturated heterocycles. The van der Waals surface area contributed by atoms with Crippen molar-refractivity contribution in [1.82, 2.24) is 0 Å². The van der Waals surface area contributed by atoms with Crippen LogP contribution in [0.5, 0.6) is 11.5 Å².